The monoisotopic (exact) mass is 374 g/mol. The van der Waals surface area contributed by atoms with E-state index in [1.807, 2.05) is 61.5 Å². The summed E-state index contributed by atoms with van der Waals surface area (Å²) in [6, 6.07) is 17.4. The molecule has 142 valence electrons. The number of aromatic nitrogens is 1. The second kappa shape index (κ2) is 8.95. The van der Waals surface area contributed by atoms with Crippen LogP contribution in [0.15, 0.2) is 66.9 Å². The molecule has 0 aliphatic heterocycles. The molecular formula is C23H22N2O3. The number of fused-ring (bicyclic) bond motifs is 1. The molecule has 1 atom stereocenters. The van der Waals surface area contributed by atoms with E-state index >= 15 is 0 Å². The molecule has 3 rings (SSSR count). The van der Waals surface area contributed by atoms with Crippen molar-refractivity contribution in [1.29, 1.82) is 0 Å². The zero-order chi connectivity index (χ0) is 19.9. The first kappa shape index (κ1) is 19.3. The van der Waals surface area contributed by atoms with E-state index in [1.165, 1.54) is 6.08 Å². The van der Waals surface area contributed by atoms with E-state index in [2.05, 4.69) is 10.3 Å². The summed E-state index contributed by atoms with van der Waals surface area (Å²) in [6.45, 7) is 3.94. The summed E-state index contributed by atoms with van der Waals surface area (Å²) in [7, 11) is 0. The molecule has 2 aromatic carbocycles. The number of pyridine rings is 1. The topological polar surface area (TPSA) is 68.3 Å². The van der Waals surface area contributed by atoms with E-state index < -0.39 is 12.1 Å². The van der Waals surface area contributed by atoms with Crippen LogP contribution in [0.25, 0.3) is 17.0 Å². The van der Waals surface area contributed by atoms with Crippen molar-refractivity contribution in [2.24, 2.45) is 0 Å². The highest BCUT2D eigenvalue weighted by molar-refractivity contribution is 5.94. The van der Waals surface area contributed by atoms with Crippen LogP contribution in [0.4, 0.5) is 0 Å². The van der Waals surface area contributed by atoms with Crippen LogP contribution in [-0.2, 0) is 20.9 Å². The van der Waals surface area contributed by atoms with Gasteiger partial charge < -0.3 is 10.1 Å². The summed E-state index contributed by atoms with van der Waals surface area (Å²) < 4.78 is 5.20. The first-order chi connectivity index (χ1) is 13.5. The summed E-state index contributed by atoms with van der Waals surface area (Å²) in [5.74, 6) is -0.917. The predicted molar refractivity (Wildman–Crippen MR) is 109 cm³/mol. The van der Waals surface area contributed by atoms with Crippen molar-refractivity contribution in [3.05, 3.63) is 83.6 Å². The summed E-state index contributed by atoms with van der Waals surface area (Å²) in [6.07, 6.45) is 3.79. The summed E-state index contributed by atoms with van der Waals surface area (Å²) in [4.78, 5) is 28.6. The highest BCUT2D eigenvalue weighted by Gasteiger charge is 2.16. The Bertz CT molecular complexity index is 1000. The fourth-order valence-corrected chi connectivity index (χ4v) is 2.73. The van der Waals surface area contributed by atoms with Crippen molar-refractivity contribution in [3.63, 3.8) is 0 Å². The Morgan fingerprint density at radius 1 is 1.11 bits per heavy atom. The van der Waals surface area contributed by atoms with Gasteiger partial charge in [-0.25, -0.2) is 4.79 Å². The number of amides is 1. The van der Waals surface area contributed by atoms with Crippen molar-refractivity contribution < 1.29 is 14.3 Å². The molecule has 0 bridgehead atoms. The minimum absolute atomic E-state index is 0.339. The highest BCUT2D eigenvalue weighted by atomic mass is 16.5. The Balaban J connectivity index is 1.55. The van der Waals surface area contributed by atoms with Gasteiger partial charge in [0.1, 0.15) is 0 Å². The van der Waals surface area contributed by atoms with Gasteiger partial charge in [-0.3, -0.25) is 9.78 Å². The minimum atomic E-state index is -0.881. The highest BCUT2D eigenvalue weighted by Crippen LogP contribution is 2.17. The molecule has 28 heavy (non-hydrogen) atoms. The molecule has 0 saturated carbocycles. The first-order valence-electron chi connectivity index (χ1n) is 9.08. The molecule has 1 unspecified atom stereocenters. The predicted octanol–water partition coefficient (Wildman–Crippen LogP) is 3.80. The summed E-state index contributed by atoms with van der Waals surface area (Å²) in [5.41, 5.74) is 3.76. The number of nitrogens with zero attached hydrogens (tertiary/aromatic N) is 1. The normalized spacial score (nSPS) is 12.1. The lowest BCUT2D eigenvalue weighted by molar-refractivity contribution is -0.150. The summed E-state index contributed by atoms with van der Waals surface area (Å²) in [5, 5.41) is 3.76. The number of aryl methyl sites for hydroxylation is 1. The number of nitrogens with one attached hydrogen (secondary N) is 1. The number of esters is 1. The third-order valence-electron chi connectivity index (χ3n) is 4.31. The Hall–Kier alpha value is -3.47. The molecule has 0 radical (unpaired) electrons. The third kappa shape index (κ3) is 5.04. The van der Waals surface area contributed by atoms with Crippen molar-refractivity contribution in [1.82, 2.24) is 10.3 Å². The molecule has 0 fully saturated rings. The molecule has 1 heterocycles. The van der Waals surface area contributed by atoms with Crippen LogP contribution >= 0.6 is 0 Å². The van der Waals surface area contributed by atoms with Crippen LogP contribution in [0.3, 0.4) is 0 Å². The fourth-order valence-electron chi connectivity index (χ4n) is 2.73. The van der Waals surface area contributed by atoms with Crippen LogP contribution in [0.5, 0.6) is 0 Å². The average Bonchev–Trinajstić information content (AvgIpc) is 2.71. The van der Waals surface area contributed by atoms with Gasteiger partial charge in [-0.05, 0) is 31.6 Å². The molecule has 1 amide bonds. The molecule has 1 aromatic heterocycles. The lowest BCUT2D eigenvalue weighted by Gasteiger charge is -2.12. The van der Waals surface area contributed by atoms with Gasteiger partial charge >= 0.3 is 5.97 Å². The maximum atomic E-state index is 12.1. The Kier molecular flexibility index (Phi) is 6.17. The molecule has 5 nitrogen and oxygen atoms in total. The Morgan fingerprint density at radius 3 is 2.64 bits per heavy atom. The van der Waals surface area contributed by atoms with Crippen LogP contribution in [0.2, 0.25) is 0 Å². The zero-order valence-corrected chi connectivity index (χ0v) is 15.9. The maximum Gasteiger partial charge on any atom is 0.331 e. The van der Waals surface area contributed by atoms with Crippen LogP contribution in [0, 0.1) is 6.92 Å². The van der Waals surface area contributed by atoms with E-state index in [1.54, 1.807) is 19.2 Å². The molecule has 3 aromatic rings. The number of hydrogen-bond acceptors (Lipinski definition) is 4. The standard InChI is InChI=1S/C23H22N2O3/c1-16-8-10-18(11-9-16)15-25-23(27)17(2)28-21(26)13-12-20-6-3-5-19-7-4-14-24-22(19)20/h3-14,17H,15H2,1-2H3,(H,25,27)/b13-12+. The minimum Gasteiger partial charge on any atom is -0.449 e. The van der Waals surface area contributed by atoms with Gasteiger partial charge in [0.25, 0.3) is 5.91 Å². The summed E-state index contributed by atoms with van der Waals surface area (Å²) >= 11 is 0. The van der Waals surface area contributed by atoms with Crippen molar-refractivity contribution >= 4 is 28.9 Å². The van der Waals surface area contributed by atoms with Gasteiger partial charge in [-0.2, -0.15) is 0 Å². The smallest absolute Gasteiger partial charge is 0.331 e. The molecule has 5 heteroatoms. The molecule has 0 aliphatic carbocycles. The largest absolute Gasteiger partial charge is 0.449 e. The fraction of sp³-hybridized carbons (Fsp3) is 0.174. The van der Waals surface area contributed by atoms with Gasteiger partial charge in [0.2, 0.25) is 0 Å². The lowest BCUT2D eigenvalue weighted by Crippen LogP contribution is -2.35. The second-order valence-electron chi connectivity index (χ2n) is 6.54. The quantitative estimate of drug-likeness (QED) is 0.526. The molecule has 0 spiro atoms. The lowest BCUT2D eigenvalue weighted by atomic mass is 10.1. The van der Waals surface area contributed by atoms with E-state index in [0.29, 0.717) is 6.54 Å². The van der Waals surface area contributed by atoms with E-state index in [0.717, 1.165) is 27.6 Å². The first-order valence-corrected chi connectivity index (χ1v) is 9.08. The van der Waals surface area contributed by atoms with Gasteiger partial charge in [-0.15, -0.1) is 0 Å². The number of carbonyl (C=O) groups excluding carboxylic acids is 2. The van der Waals surface area contributed by atoms with Gasteiger partial charge in [-0.1, -0.05) is 54.1 Å². The average molecular weight is 374 g/mol. The van der Waals surface area contributed by atoms with E-state index in [9.17, 15) is 9.59 Å². The van der Waals surface area contributed by atoms with Crippen LogP contribution < -0.4 is 5.32 Å². The molecule has 1 N–H and O–H groups in total. The van der Waals surface area contributed by atoms with Crippen molar-refractivity contribution in [3.8, 4) is 0 Å². The van der Waals surface area contributed by atoms with Crippen molar-refractivity contribution in [2.75, 3.05) is 0 Å². The molecule has 0 aliphatic rings. The molecular weight excluding hydrogens is 352 g/mol. The number of ether oxygens (including phenoxy) is 1. The third-order valence-corrected chi connectivity index (χ3v) is 4.31. The Morgan fingerprint density at radius 2 is 1.86 bits per heavy atom. The van der Waals surface area contributed by atoms with Gasteiger partial charge in [0, 0.05) is 29.8 Å². The van der Waals surface area contributed by atoms with Gasteiger partial charge in [0.15, 0.2) is 6.10 Å². The van der Waals surface area contributed by atoms with E-state index in [4.69, 9.17) is 4.74 Å². The van der Waals surface area contributed by atoms with Gasteiger partial charge in [0.05, 0.1) is 5.52 Å². The SMILES string of the molecule is Cc1ccc(CNC(=O)C(C)OC(=O)/C=C/c2cccc3cccnc23)cc1. The van der Waals surface area contributed by atoms with E-state index in [-0.39, 0.29) is 5.91 Å². The second-order valence-corrected chi connectivity index (χ2v) is 6.54. The van der Waals surface area contributed by atoms with Crippen molar-refractivity contribution in [2.45, 2.75) is 26.5 Å². The number of benzene rings is 2. The number of hydrogen-bond donors (Lipinski definition) is 1. The zero-order valence-electron chi connectivity index (χ0n) is 15.9. The van der Waals surface area contributed by atoms with Crippen LogP contribution in [-0.4, -0.2) is 23.0 Å². The number of carbonyl (C=O) groups is 2. The molecule has 0 saturated heterocycles. The van der Waals surface area contributed by atoms with Crippen LogP contribution in [0.1, 0.15) is 23.6 Å². The number of rotatable bonds is 6. The number of para-hydroxylation sites is 1. The maximum absolute atomic E-state index is 12.1. The Labute approximate surface area is 164 Å².